The van der Waals surface area contributed by atoms with E-state index in [2.05, 4.69) is 10.5 Å². The number of aliphatic hydroxyl groups excluding tert-OH is 1. The summed E-state index contributed by atoms with van der Waals surface area (Å²) >= 11 is 1.54. The summed E-state index contributed by atoms with van der Waals surface area (Å²) in [7, 11) is 0. The van der Waals surface area contributed by atoms with Crippen LogP contribution in [-0.4, -0.2) is 29.3 Å². The SMILES string of the molecule is O=C(NCCCCCCO)c1cc(-c2cccs2)on1. The number of hydrogen-bond acceptors (Lipinski definition) is 5. The topological polar surface area (TPSA) is 75.4 Å². The van der Waals surface area contributed by atoms with Crippen LogP contribution in [0.4, 0.5) is 0 Å². The van der Waals surface area contributed by atoms with Crippen molar-refractivity contribution in [2.75, 3.05) is 13.2 Å². The third-order valence-electron chi connectivity index (χ3n) is 2.88. The largest absolute Gasteiger partial charge is 0.396 e. The number of hydrogen-bond donors (Lipinski definition) is 2. The molecule has 2 heterocycles. The Morgan fingerprint density at radius 1 is 1.35 bits per heavy atom. The van der Waals surface area contributed by atoms with Gasteiger partial charge in [-0.05, 0) is 24.3 Å². The molecule has 0 saturated heterocycles. The Hall–Kier alpha value is -1.66. The lowest BCUT2D eigenvalue weighted by Crippen LogP contribution is -2.24. The van der Waals surface area contributed by atoms with Crippen molar-refractivity contribution in [3.8, 4) is 10.6 Å². The van der Waals surface area contributed by atoms with Gasteiger partial charge in [-0.15, -0.1) is 11.3 Å². The first-order chi connectivity index (χ1) is 9.81. The molecule has 2 aromatic rings. The molecule has 2 N–H and O–H groups in total. The first-order valence-electron chi connectivity index (χ1n) is 6.71. The number of aliphatic hydroxyl groups is 1. The molecule has 6 heteroatoms. The van der Waals surface area contributed by atoms with Gasteiger partial charge in [-0.1, -0.05) is 24.1 Å². The quantitative estimate of drug-likeness (QED) is 0.734. The summed E-state index contributed by atoms with van der Waals surface area (Å²) in [4.78, 5) is 12.8. The lowest BCUT2D eigenvalue weighted by molar-refractivity contribution is 0.0944. The van der Waals surface area contributed by atoms with Crippen LogP contribution in [0.3, 0.4) is 0 Å². The second-order valence-electron chi connectivity index (χ2n) is 4.45. The van der Waals surface area contributed by atoms with Crippen LogP contribution < -0.4 is 5.32 Å². The molecule has 0 fully saturated rings. The molecule has 2 aromatic heterocycles. The highest BCUT2D eigenvalue weighted by molar-refractivity contribution is 7.13. The molecule has 108 valence electrons. The number of unbranched alkanes of at least 4 members (excludes halogenated alkanes) is 3. The van der Waals surface area contributed by atoms with E-state index in [0.29, 0.717) is 18.0 Å². The number of nitrogens with zero attached hydrogens (tertiary/aromatic N) is 1. The first kappa shape index (κ1) is 14.7. The minimum absolute atomic E-state index is 0.210. The molecule has 0 unspecified atom stereocenters. The van der Waals surface area contributed by atoms with E-state index >= 15 is 0 Å². The number of amides is 1. The summed E-state index contributed by atoms with van der Waals surface area (Å²) in [5.41, 5.74) is 0.309. The van der Waals surface area contributed by atoms with E-state index in [9.17, 15) is 4.79 Å². The van der Waals surface area contributed by atoms with Crippen LogP contribution in [0.1, 0.15) is 36.2 Å². The molecule has 1 amide bonds. The standard InChI is InChI=1S/C14H18N2O3S/c17-8-4-2-1-3-7-15-14(18)11-10-12(19-16-11)13-6-5-9-20-13/h5-6,9-10,17H,1-4,7-8H2,(H,15,18). The zero-order chi connectivity index (χ0) is 14.2. The summed E-state index contributed by atoms with van der Waals surface area (Å²) in [6.45, 7) is 0.849. The van der Waals surface area contributed by atoms with Crippen LogP contribution >= 0.6 is 11.3 Å². The summed E-state index contributed by atoms with van der Waals surface area (Å²) in [6, 6.07) is 5.51. The second-order valence-corrected chi connectivity index (χ2v) is 5.40. The van der Waals surface area contributed by atoms with E-state index in [4.69, 9.17) is 9.63 Å². The van der Waals surface area contributed by atoms with Crippen LogP contribution in [0.2, 0.25) is 0 Å². The fourth-order valence-corrected chi connectivity index (χ4v) is 2.47. The van der Waals surface area contributed by atoms with Crippen molar-refractivity contribution in [3.63, 3.8) is 0 Å². The third kappa shape index (κ3) is 4.18. The maximum Gasteiger partial charge on any atom is 0.273 e. The maximum atomic E-state index is 11.8. The molecule has 0 aliphatic heterocycles. The zero-order valence-corrected chi connectivity index (χ0v) is 12.0. The number of thiophene rings is 1. The van der Waals surface area contributed by atoms with E-state index in [-0.39, 0.29) is 12.5 Å². The van der Waals surface area contributed by atoms with Crippen LogP contribution in [0.15, 0.2) is 28.1 Å². The highest BCUT2D eigenvalue weighted by Gasteiger charge is 2.13. The Balaban J connectivity index is 1.76. The average Bonchev–Trinajstić information content (AvgIpc) is 3.12. The van der Waals surface area contributed by atoms with Crippen molar-refractivity contribution < 1.29 is 14.4 Å². The third-order valence-corrected chi connectivity index (χ3v) is 3.76. The smallest absolute Gasteiger partial charge is 0.273 e. The van der Waals surface area contributed by atoms with Crippen LogP contribution in [0.5, 0.6) is 0 Å². The van der Waals surface area contributed by atoms with E-state index in [1.165, 1.54) is 0 Å². The monoisotopic (exact) mass is 294 g/mol. The summed E-state index contributed by atoms with van der Waals surface area (Å²) in [6.07, 6.45) is 3.71. The minimum Gasteiger partial charge on any atom is -0.396 e. The van der Waals surface area contributed by atoms with Crippen molar-refractivity contribution in [1.82, 2.24) is 10.5 Å². The van der Waals surface area contributed by atoms with Crippen molar-refractivity contribution >= 4 is 17.2 Å². The van der Waals surface area contributed by atoms with Gasteiger partial charge in [0, 0.05) is 19.2 Å². The van der Waals surface area contributed by atoms with Crippen molar-refractivity contribution in [2.45, 2.75) is 25.7 Å². The highest BCUT2D eigenvalue weighted by Crippen LogP contribution is 2.24. The fraction of sp³-hybridized carbons (Fsp3) is 0.429. The van der Waals surface area contributed by atoms with Gasteiger partial charge in [-0.3, -0.25) is 4.79 Å². The molecule has 5 nitrogen and oxygen atoms in total. The molecule has 0 saturated carbocycles. The highest BCUT2D eigenvalue weighted by atomic mass is 32.1. The van der Waals surface area contributed by atoms with Crippen LogP contribution in [0.25, 0.3) is 10.6 Å². The second kappa shape index (κ2) is 7.81. The molecular weight excluding hydrogens is 276 g/mol. The van der Waals surface area contributed by atoms with E-state index in [1.807, 2.05) is 17.5 Å². The zero-order valence-electron chi connectivity index (χ0n) is 11.2. The van der Waals surface area contributed by atoms with Gasteiger partial charge in [0.05, 0.1) is 4.88 Å². The Morgan fingerprint density at radius 2 is 2.20 bits per heavy atom. The maximum absolute atomic E-state index is 11.8. The summed E-state index contributed by atoms with van der Waals surface area (Å²) < 4.78 is 5.16. The molecular formula is C14H18N2O3S. The molecule has 0 aliphatic rings. The number of aromatic nitrogens is 1. The van der Waals surface area contributed by atoms with E-state index in [0.717, 1.165) is 30.6 Å². The summed E-state index contributed by atoms with van der Waals surface area (Å²) in [5.74, 6) is 0.409. The predicted molar refractivity (Wildman–Crippen MR) is 77.7 cm³/mol. The Kier molecular flexibility index (Phi) is 5.76. The van der Waals surface area contributed by atoms with Gasteiger partial charge in [0.15, 0.2) is 11.5 Å². The Labute approximate surface area is 121 Å². The molecule has 2 rings (SSSR count). The normalized spacial score (nSPS) is 10.7. The molecule has 0 radical (unpaired) electrons. The van der Waals surface area contributed by atoms with Gasteiger partial charge in [0.25, 0.3) is 5.91 Å². The number of rotatable bonds is 8. The van der Waals surface area contributed by atoms with Crippen LogP contribution in [-0.2, 0) is 0 Å². The molecule has 0 aromatic carbocycles. The lowest BCUT2D eigenvalue weighted by atomic mass is 10.2. The molecule has 0 bridgehead atoms. The van der Waals surface area contributed by atoms with E-state index in [1.54, 1.807) is 17.4 Å². The molecule has 0 atom stereocenters. The Bertz CT molecular complexity index is 522. The van der Waals surface area contributed by atoms with Gasteiger partial charge in [-0.25, -0.2) is 0 Å². The van der Waals surface area contributed by atoms with Gasteiger partial charge in [0.1, 0.15) is 0 Å². The molecule has 0 spiro atoms. The van der Waals surface area contributed by atoms with Crippen molar-refractivity contribution in [3.05, 3.63) is 29.3 Å². The molecule has 0 aliphatic carbocycles. The number of nitrogens with one attached hydrogen (secondary N) is 1. The van der Waals surface area contributed by atoms with Gasteiger partial charge < -0.3 is 14.9 Å². The van der Waals surface area contributed by atoms with Gasteiger partial charge in [0.2, 0.25) is 0 Å². The molecule has 20 heavy (non-hydrogen) atoms. The number of carbonyl (C=O) groups excluding carboxylic acids is 1. The van der Waals surface area contributed by atoms with Gasteiger partial charge in [-0.2, -0.15) is 0 Å². The Morgan fingerprint density at radius 3 is 2.95 bits per heavy atom. The minimum atomic E-state index is -0.210. The fourth-order valence-electron chi connectivity index (χ4n) is 1.80. The van der Waals surface area contributed by atoms with E-state index < -0.39 is 0 Å². The average molecular weight is 294 g/mol. The van der Waals surface area contributed by atoms with Gasteiger partial charge >= 0.3 is 0 Å². The van der Waals surface area contributed by atoms with Crippen molar-refractivity contribution in [2.24, 2.45) is 0 Å². The van der Waals surface area contributed by atoms with Crippen molar-refractivity contribution in [1.29, 1.82) is 0 Å². The number of carbonyl (C=O) groups is 1. The van der Waals surface area contributed by atoms with Crippen LogP contribution in [0, 0.1) is 0 Å². The predicted octanol–water partition coefficient (Wildman–Crippen LogP) is 2.69. The lowest BCUT2D eigenvalue weighted by Gasteiger charge is -2.02. The summed E-state index contributed by atoms with van der Waals surface area (Å²) in [5, 5.41) is 17.2. The first-order valence-corrected chi connectivity index (χ1v) is 7.59.